The van der Waals surface area contributed by atoms with Crippen molar-refractivity contribution < 1.29 is 19.2 Å². The predicted molar refractivity (Wildman–Crippen MR) is 88.8 cm³/mol. The summed E-state index contributed by atoms with van der Waals surface area (Å²) < 4.78 is 0. The van der Waals surface area contributed by atoms with Gasteiger partial charge in [-0.1, -0.05) is 35.3 Å². The molecule has 0 radical (unpaired) electrons. The van der Waals surface area contributed by atoms with Crippen LogP contribution in [0.15, 0.2) is 24.8 Å². The van der Waals surface area contributed by atoms with Gasteiger partial charge in [0.05, 0.1) is 15.7 Å². The summed E-state index contributed by atoms with van der Waals surface area (Å²) in [6.07, 6.45) is 1.30. The molecule has 1 saturated heterocycles. The van der Waals surface area contributed by atoms with Crippen LogP contribution in [0.4, 0.5) is 10.5 Å². The number of benzene rings is 1. The molecule has 1 aromatic rings. The van der Waals surface area contributed by atoms with E-state index >= 15 is 0 Å². The number of hydrogen-bond donors (Lipinski definition) is 1. The summed E-state index contributed by atoms with van der Waals surface area (Å²) in [5.74, 6) is -2.78. The maximum atomic E-state index is 12.1. The number of carbonyl (C=O) groups excluding carboxylic acids is 4. The van der Waals surface area contributed by atoms with Crippen LogP contribution in [0.25, 0.3) is 0 Å². The fraction of sp³-hybridized carbons (Fsp3) is 0.200. The molecule has 0 aromatic heterocycles. The summed E-state index contributed by atoms with van der Waals surface area (Å²) in [4.78, 5) is 48.9. The van der Waals surface area contributed by atoms with Gasteiger partial charge in [0.2, 0.25) is 5.91 Å². The van der Waals surface area contributed by atoms with Crippen LogP contribution in [0.5, 0.6) is 0 Å². The van der Waals surface area contributed by atoms with E-state index in [0.717, 1.165) is 0 Å². The fourth-order valence-electron chi connectivity index (χ4n) is 2.07. The van der Waals surface area contributed by atoms with Crippen LogP contribution in [-0.4, -0.2) is 46.6 Å². The first-order chi connectivity index (χ1) is 11.3. The summed E-state index contributed by atoms with van der Waals surface area (Å²) in [6.45, 7) is 4.39. The number of rotatable bonds is 5. The SMILES string of the molecule is C=CCN1C(=O)C(=O)N(CC(=O)Nc2c(Cl)ccc(C)c2Cl)C1=O. The number of anilines is 1. The summed E-state index contributed by atoms with van der Waals surface area (Å²) in [6, 6.07) is 2.36. The lowest BCUT2D eigenvalue weighted by molar-refractivity contribution is -0.143. The number of hydrogen-bond acceptors (Lipinski definition) is 4. The Morgan fingerprint density at radius 1 is 1.21 bits per heavy atom. The van der Waals surface area contributed by atoms with Crippen molar-refractivity contribution >= 4 is 52.6 Å². The van der Waals surface area contributed by atoms with Gasteiger partial charge in [0.25, 0.3) is 0 Å². The smallest absolute Gasteiger partial charge is 0.322 e. The van der Waals surface area contributed by atoms with Crippen LogP contribution in [0.1, 0.15) is 5.56 Å². The number of carbonyl (C=O) groups is 4. The molecular weight excluding hydrogens is 357 g/mol. The first-order valence-electron chi connectivity index (χ1n) is 6.80. The molecule has 5 amide bonds. The summed E-state index contributed by atoms with van der Waals surface area (Å²) in [5.41, 5.74) is 0.869. The average molecular weight is 370 g/mol. The molecule has 0 bridgehead atoms. The number of nitrogens with one attached hydrogen (secondary N) is 1. The van der Waals surface area contributed by atoms with Gasteiger partial charge in [-0.25, -0.2) is 9.69 Å². The van der Waals surface area contributed by atoms with Crippen LogP contribution in [0.3, 0.4) is 0 Å². The average Bonchev–Trinajstić information content (AvgIpc) is 2.73. The third-order valence-corrected chi connectivity index (χ3v) is 4.10. The number of nitrogens with zero attached hydrogens (tertiary/aromatic N) is 2. The maximum Gasteiger partial charge on any atom is 0.335 e. The molecule has 0 atom stereocenters. The fourth-order valence-corrected chi connectivity index (χ4v) is 2.54. The number of halogens is 2. The monoisotopic (exact) mass is 369 g/mol. The Morgan fingerprint density at radius 2 is 1.83 bits per heavy atom. The van der Waals surface area contributed by atoms with E-state index in [-0.39, 0.29) is 22.3 Å². The molecule has 1 aliphatic heterocycles. The highest BCUT2D eigenvalue weighted by molar-refractivity contribution is 6.45. The van der Waals surface area contributed by atoms with Gasteiger partial charge in [-0.15, -0.1) is 6.58 Å². The maximum absolute atomic E-state index is 12.1. The Kier molecular flexibility index (Phi) is 5.26. The van der Waals surface area contributed by atoms with Crippen molar-refractivity contribution in [3.8, 4) is 0 Å². The normalized spacial score (nSPS) is 14.4. The molecule has 0 spiro atoms. The van der Waals surface area contributed by atoms with Crippen molar-refractivity contribution in [1.82, 2.24) is 9.80 Å². The van der Waals surface area contributed by atoms with Crippen molar-refractivity contribution in [2.24, 2.45) is 0 Å². The third kappa shape index (κ3) is 3.27. The van der Waals surface area contributed by atoms with E-state index < -0.39 is 30.3 Å². The standard InChI is InChI=1S/C15H13Cl2N3O4/c1-3-6-19-13(22)14(23)20(15(19)24)7-10(21)18-12-9(16)5-4-8(2)11(12)17/h3-5H,1,6-7H2,2H3,(H,18,21). The number of imide groups is 2. The molecule has 1 N–H and O–H groups in total. The van der Waals surface area contributed by atoms with Crippen molar-refractivity contribution in [3.63, 3.8) is 0 Å². The summed E-state index contributed by atoms with van der Waals surface area (Å²) in [5, 5.41) is 2.91. The van der Waals surface area contributed by atoms with Crippen LogP contribution in [-0.2, 0) is 14.4 Å². The number of aryl methyl sites for hydroxylation is 1. The molecule has 0 unspecified atom stereocenters. The molecule has 1 fully saturated rings. The van der Waals surface area contributed by atoms with Gasteiger partial charge < -0.3 is 5.32 Å². The summed E-state index contributed by atoms with van der Waals surface area (Å²) >= 11 is 12.1. The Balaban J connectivity index is 2.15. The van der Waals surface area contributed by atoms with Crippen molar-refractivity contribution in [2.45, 2.75) is 6.92 Å². The zero-order chi connectivity index (χ0) is 18.0. The Bertz CT molecular complexity index is 763. The Hall–Kier alpha value is -2.38. The second kappa shape index (κ2) is 7.02. The number of amides is 5. The second-order valence-corrected chi connectivity index (χ2v) is 5.76. The molecule has 1 aliphatic rings. The molecule has 1 aromatic carbocycles. The quantitative estimate of drug-likeness (QED) is 0.489. The van der Waals surface area contributed by atoms with E-state index in [9.17, 15) is 19.2 Å². The zero-order valence-corrected chi connectivity index (χ0v) is 14.1. The minimum absolute atomic E-state index is 0.114. The highest BCUT2D eigenvalue weighted by Gasteiger charge is 2.44. The van der Waals surface area contributed by atoms with Crippen molar-refractivity contribution in [2.75, 3.05) is 18.4 Å². The molecule has 126 valence electrons. The lowest BCUT2D eigenvalue weighted by Crippen LogP contribution is -2.39. The molecule has 7 nitrogen and oxygen atoms in total. The third-order valence-electron chi connectivity index (χ3n) is 3.30. The molecule has 2 rings (SSSR count). The first kappa shape index (κ1) is 18.0. The topological polar surface area (TPSA) is 86.8 Å². The zero-order valence-electron chi connectivity index (χ0n) is 12.6. The minimum atomic E-state index is -1.07. The van der Waals surface area contributed by atoms with E-state index in [0.29, 0.717) is 15.4 Å². The van der Waals surface area contributed by atoms with Gasteiger partial charge in [-0.3, -0.25) is 19.3 Å². The van der Waals surface area contributed by atoms with Crippen LogP contribution < -0.4 is 5.32 Å². The largest absolute Gasteiger partial charge is 0.335 e. The lowest BCUT2D eigenvalue weighted by Gasteiger charge is -2.15. The van der Waals surface area contributed by atoms with Gasteiger partial charge in [-0.05, 0) is 18.6 Å². The van der Waals surface area contributed by atoms with Crippen molar-refractivity contribution in [3.05, 3.63) is 40.4 Å². The van der Waals surface area contributed by atoms with Gasteiger partial charge in [-0.2, -0.15) is 0 Å². The van der Waals surface area contributed by atoms with Gasteiger partial charge in [0.1, 0.15) is 6.54 Å². The molecule has 0 saturated carbocycles. The van der Waals surface area contributed by atoms with Crippen molar-refractivity contribution in [1.29, 1.82) is 0 Å². The highest BCUT2D eigenvalue weighted by atomic mass is 35.5. The van der Waals surface area contributed by atoms with Crippen LogP contribution in [0.2, 0.25) is 10.0 Å². The molecule has 0 aliphatic carbocycles. The van der Waals surface area contributed by atoms with Gasteiger partial charge in [0, 0.05) is 6.54 Å². The Morgan fingerprint density at radius 3 is 2.46 bits per heavy atom. The minimum Gasteiger partial charge on any atom is -0.322 e. The lowest BCUT2D eigenvalue weighted by atomic mass is 10.2. The van der Waals surface area contributed by atoms with Crippen LogP contribution in [0, 0.1) is 6.92 Å². The van der Waals surface area contributed by atoms with Crippen LogP contribution >= 0.6 is 23.2 Å². The molecule has 9 heteroatoms. The second-order valence-electron chi connectivity index (χ2n) is 4.98. The molecular formula is C15H13Cl2N3O4. The Labute approximate surface area is 147 Å². The summed E-state index contributed by atoms with van der Waals surface area (Å²) in [7, 11) is 0. The van der Waals surface area contributed by atoms with Gasteiger partial charge >= 0.3 is 17.8 Å². The number of urea groups is 1. The van der Waals surface area contributed by atoms with E-state index in [4.69, 9.17) is 23.2 Å². The highest BCUT2D eigenvalue weighted by Crippen LogP contribution is 2.32. The van der Waals surface area contributed by atoms with E-state index in [1.54, 1.807) is 19.1 Å². The van der Waals surface area contributed by atoms with E-state index in [1.807, 2.05) is 0 Å². The molecule has 24 heavy (non-hydrogen) atoms. The molecule has 1 heterocycles. The van der Waals surface area contributed by atoms with E-state index in [2.05, 4.69) is 11.9 Å². The first-order valence-corrected chi connectivity index (χ1v) is 7.56. The van der Waals surface area contributed by atoms with E-state index in [1.165, 1.54) is 6.08 Å². The predicted octanol–water partition coefficient (Wildman–Crippen LogP) is 2.22. The van der Waals surface area contributed by atoms with Gasteiger partial charge in [0.15, 0.2) is 0 Å².